The van der Waals surface area contributed by atoms with E-state index in [4.69, 9.17) is 3.07 Å². The van der Waals surface area contributed by atoms with E-state index in [9.17, 15) is 0 Å². The van der Waals surface area contributed by atoms with Gasteiger partial charge in [0.1, 0.15) is 0 Å². The molecule has 20 heavy (non-hydrogen) atoms. The predicted octanol–water partition coefficient (Wildman–Crippen LogP) is 5.18. The van der Waals surface area contributed by atoms with Crippen LogP contribution >= 0.6 is 0 Å². The van der Waals surface area contributed by atoms with Gasteiger partial charge < -0.3 is 0 Å². The minimum atomic E-state index is 1.14. The summed E-state index contributed by atoms with van der Waals surface area (Å²) in [5.74, 6) is 1.14. The van der Waals surface area contributed by atoms with Crippen molar-refractivity contribution in [3.8, 4) is 5.75 Å². The summed E-state index contributed by atoms with van der Waals surface area (Å²) < 4.78 is 5.71. The van der Waals surface area contributed by atoms with Crippen molar-refractivity contribution in [1.82, 2.24) is 0 Å². The first-order valence-corrected chi connectivity index (χ1v) is 9.42. The Kier molecular flexibility index (Phi) is 9.41. The zero-order chi connectivity index (χ0) is 14.8. The van der Waals surface area contributed by atoms with E-state index in [1.54, 1.807) is 11.1 Å². The van der Waals surface area contributed by atoms with Crippen molar-refractivity contribution in [2.45, 2.75) is 78.6 Å². The Morgan fingerprint density at radius 2 is 1.35 bits per heavy atom. The fraction of sp³-hybridized carbons (Fsp3) is 0.667. The van der Waals surface area contributed by atoms with E-state index >= 15 is 0 Å². The molecule has 0 atom stereocenters. The van der Waals surface area contributed by atoms with Gasteiger partial charge in [-0.15, -0.1) is 0 Å². The first kappa shape index (κ1) is 17.9. The molecule has 0 amide bonds. The zero-order valence-electron chi connectivity index (χ0n) is 13.4. The van der Waals surface area contributed by atoms with E-state index in [0.29, 0.717) is 0 Å². The van der Waals surface area contributed by atoms with Crippen molar-refractivity contribution in [3.63, 3.8) is 0 Å². The number of aryl methyl sites for hydroxylation is 1. The van der Waals surface area contributed by atoms with Crippen LogP contribution in [0.1, 0.15) is 76.0 Å². The number of hydrogen-bond donors (Lipinski definition) is 0. The van der Waals surface area contributed by atoms with Gasteiger partial charge in [0, 0.05) is 0 Å². The van der Waals surface area contributed by atoms with Crippen LogP contribution in [0.5, 0.6) is 5.75 Å². The summed E-state index contributed by atoms with van der Waals surface area (Å²) >= 11 is 1.15. The van der Waals surface area contributed by atoms with Crippen LogP contribution in [0.25, 0.3) is 0 Å². The fourth-order valence-electron chi connectivity index (χ4n) is 2.71. The van der Waals surface area contributed by atoms with Gasteiger partial charge in [-0.05, 0) is 0 Å². The van der Waals surface area contributed by atoms with Crippen molar-refractivity contribution >= 4 is 22.9 Å². The molecule has 0 saturated heterocycles. The molecule has 0 bridgehead atoms. The molecule has 0 fully saturated rings. The van der Waals surface area contributed by atoms with Crippen LogP contribution in [-0.2, 0) is 19.3 Å². The number of rotatable bonds is 10. The second kappa shape index (κ2) is 10.5. The summed E-state index contributed by atoms with van der Waals surface area (Å²) in [5, 5.41) is 0. The molecule has 0 saturated carbocycles. The molecule has 0 aliphatic heterocycles. The Labute approximate surface area is 139 Å². The summed E-state index contributed by atoms with van der Waals surface area (Å²) in [6.45, 7) is 6.82. The van der Waals surface area contributed by atoms with Gasteiger partial charge in [0.2, 0.25) is 0 Å². The van der Waals surface area contributed by atoms with E-state index in [0.717, 1.165) is 28.7 Å². The van der Waals surface area contributed by atoms with Crippen molar-refractivity contribution < 1.29 is 3.07 Å². The molecule has 0 N–H and O–H groups in total. The minimum absolute atomic E-state index is 1.14. The van der Waals surface area contributed by atoms with Crippen LogP contribution in [0.2, 0.25) is 0 Å². The van der Waals surface area contributed by atoms with Gasteiger partial charge >= 0.3 is 139 Å². The fourth-order valence-corrected chi connectivity index (χ4v) is 3.26. The molecule has 0 aromatic heterocycles. The molecule has 0 unspecified atom stereocenters. The molecule has 111 valence electrons. The average Bonchev–Trinajstić information content (AvgIpc) is 2.48. The van der Waals surface area contributed by atoms with Crippen molar-refractivity contribution in [2.24, 2.45) is 0 Å². The third-order valence-electron chi connectivity index (χ3n) is 3.96. The SMILES string of the molecule is CCCCc1ccc([O][Sn])c(CCCC)c1CCCC. The van der Waals surface area contributed by atoms with Crippen molar-refractivity contribution in [3.05, 3.63) is 28.8 Å². The predicted molar refractivity (Wildman–Crippen MR) is 88.7 cm³/mol. The van der Waals surface area contributed by atoms with Crippen molar-refractivity contribution in [1.29, 1.82) is 0 Å². The summed E-state index contributed by atoms with van der Waals surface area (Å²) in [6.07, 6.45) is 11.3. The molecule has 3 radical (unpaired) electrons. The van der Waals surface area contributed by atoms with Gasteiger partial charge in [0.05, 0.1) is 0 Å². The van der Waals surface area contributed by atoms with Crippen LogP contribution in [0.3, 0.4) is 0 Å². The zero-order valence-corrected chi connectivity index (χ0v) is 16.3. The first-order valence-electron chi connectivity index (χ1n) is 8.25. The van der Waals surface area contributed by atoms with E-state index < -0.39 is 0 Å². The third kappa shape index (κ3) is 5.31. The Balaban J connectivity index is 3.09. The van der Waals surface area contributed by atoms with Gasteiger partial charge in [-0.2, -0.15) is 0 Å². The maximum absolute atomic E-state index is 5.71. The van der Waals surface area contributed by atoms with Crippen LogP contribution in [0.15, 0.2) is 12.1 Å². The molecule has 0 spiro atoms. The normalized spacial score (nSPS) is 10.8. The summed E-state index contributed by atoms with van der Waals surface area (Å²) in [7, 11) is 0. The Hall–Kier alpha value is -0.181. The Morgan fingerprint density at radius 3 is 1.90 bits per heavy atom. The Bertz CT molecular complexity index is 387. The third-order valence-corrected chi connectivity index (χ3v) is 4.58. The molecule has 0 heterocycles. The van der Waals surface area contributed by atoms with E-state index in [-0.39, 0.29) is 0 Å². The summed E-state index contributed by atoms with van der Waals surface area (Å²) in [6, 6.07) is 4.52. The van der Waals surface area contributed by atoms with Crippen LogP contribution in [-0.4, -0.2) is 22.9 Å². The number of benzene rings is 1. The first-order chi connectivity index (χ1) is 9.78. The molecule has 0 aliphatic rings. The van der Waals surface area contributed by atoms with Crippen molar-refractivity contribution in [2.75, 3.05) is 0 Å². The van der Waals surface area contributed by atoms with Gasteiger partial charge in [-0.1, -0.05) is 0 Å². The molecule has 0 aliphatic carbocycles. The quantitative estimate of drug-likeness (QED) is 0.509. The molecule has 1 nitrogen and oxygen atoms in total. The van der Waals surface area contributed by atoms with Gasteiger partial charge in [-0.3, -0.25) is 0 Å². The molecular weight excluding hydrogens is 351 g/mol. The molecular formula is C18H29OSn. The van der Waals surface area contributed by atoms with Crippen LogP contribution in [0, 0.1) is 0 Å². The Morgan fingerprint density at radius 1 is 0.800 bits per heavy atom. The molecule has 1 aromatic rings. The average molecular weight is 380 g/mol. The monoisotopic (exact) mass is 381 g/mol. The molecule has 1 rings (SSSR count). The van der Waals surface area contributed by atoms with Crippen LogP contribution < -0.4 is 3.07 Å². The number of hydrogen-bond acceptors (Lipinski definition) is 1. The van der Waals surface area contributed by atoms with E-state index in [1.807, 2.05) is 0 Å². The number of unbranched alkanes of at least 4 members (excludes halogenated alkanes) is 3. The van der Waals surface area contributed by atoms with E-state index in [1.165, 1.54) is 63.4 Å². The second-order valence-electron chi connectivity index (χ2n) is 5.59. The standard InChI is InChI=1S/C18H30O.Sn/c1-4-7-10-15-13-14-18(19)17(12-9-6-3)16(15)11-8-5-2;/h13-14,19H,4-12H2,1-3H3;/q;+1/p-1. The summed E-state index contributed by atoms with van der Waals surface area (Å²) in [4.78, 5) is 0. The van der Waals surface area contributed by atoms with Gasteiger partial charge in [-0.25, -0.2) is 0 Å². The van der Waals surface area contributed by atoms with Gasteiger partial charge in [0.15, 0.2) is 0 Å². The second-order valence-corrected chi connectivity index (χ2v) is 6.18. The maximum atomic E-state index is 5.71. The molecule has 1 aromatic carbocycles. The molecule has 2 heteroatoms. The van der Waals surface area contributed by atoms with Gasteiger partial charge in [0.25, 0.3) is 0 Å². The van der Waals surface area contributed by atoms with Crippen LogP contribution in [0.4, 0.5) is 0 Å². The van der Waals surface area contributed by atoms with E-state index in [2.05, 4.69) is 32.9 Å². The summed E-state index contributed by atoms with van der Waals surface area (Å²) in [5.41, 5.74) is 4.68. The topological polar surface area (TPSA) is 9.23 Å².